The SMILES string of the molecule is CCOc1ccc(/C(F)=C(\F)c2ccc(OCCCCCCCCC(CC)CCCCCCCCOc3ccc(/C(F)=C(\F)c4ccc(OCC)c(F)c4F)cc3)cc2)c(F)c1F. The zero-order chi connectivity index (χ0) is 45.6. The summed E-state index contributed by atoms with van der Waals surface area (Å²) in [6, 6.07) is 15.5. The van der Waals surface area contributed by atoms with Gasteiger partial charge in [-0.1, -0.05) is 90.4 Å². The van der Waals surface area contributed by atoms with Crippen LogP contribution in [-0.4, -0.2) is 26.4 Å². The van der Waals surface area contributed by atoms with Gasteiger partial charge in [0.05, 0.1) is 37.6 Å². The number of hydrogen-bond donors (Lipinski definition) is 0. The molecule has 4 nitrogen and oxygen atoms in total. The molecule has 4 aromatic rings. The van der Waals surface area contributed by atoms with Crippen LogP contribution in [0.3, 0.4) is 0 Å². The molecule has 0 radical (unpaired) electrons. The molecule has 0 heterocycles. The molecule has 344 valence electrons. The highest BCUT2D eigenvalue weighted by Gasteiger charge is 2.22. The van der Waals surface area contributed by atoms with E-state index in [1.54, 1.807) is 13.8 Å². The molecule has 0 atom stereocenters. The maximum absolute atomic E-state index is 14.8. The van der Waals surface area contributed by atoms with E-state index in [9.17, 15) is 35.1 Å². The van der Waals surface area contributed by atoms with Crippen molar-refractivity contribution in [3.8, 4) is 23.0 Å². The number of unbranched alkanes of at least 4 members (excludes halogenated alkanes) is 10. The van der Waals surface area contributed by atoms with Crippen LogP contribution in [0.15, 0.2) is 72.8 Å². The predicted molar refractivity (Wildman–Crippen MR) is 235 cm³/mol. The second-order valence-corrected chi connectivity index (χ2v) is 15.4. The second kappa shape index (κ2) is 27.2. The summed E-state index contributed by atoms with van der Waals surface area (Å²) in [5.74, 6) is -10.3. The van der Waals surface area contributed by atoms with Crippen molar-refractivity contribution in [3.63, 3.8) is 0 Å². The van der Waals surface area contributed by atoms with Gasteiger partial charge in [0.25, 0.3) is 0 Å². The summed E-state index contributed by atoms with van der Waals surface area (Å²) in [5, 5.41) is 0. The Balaban J connectivity index is 0.998. The van der Waals surface area contributed by atoms with Crippen LogP contribution in [0.4, 0.5) is 35.1 Å². The fourth-order valence-electron chi connectivity index (χ4n) is 7.24. The van der Waals surface area contributed by atoms with Gasteiger partial charge in [0.1, 0.15) is 11.5 Å². The van der Waals surface area contributed by atoms with Crippen LogP contribution in [0.1, 0.15) is 139 Å². The molecular formula is C51H60F8O4. The Bertz CT molecular complexity index is 1900. The summed E-state index contributed by atoms with van der Waals surface area (Å²) in [4.78, 5) is 0. The van der Waals surface area contributed by atoms with Crippen molar-refractivity contribution >= 4 is 23.3 Å². The zero-order valence-corrected chi connectivity index (χ0v) is 36.6. The lowest BCUT2D eigenvalue weighted by atomic mass is 9.92. The van der Waals surface area contributed by atoms with Crippen molar-refractivity contribution in [2.75, 3.05) is 26.4 Å². The van der Waals surface area contributed by atoms with Crippen molar-refractivity contribution in [2.45, 2.75) is 117 Å². The molecule has 63 heavy (non-hydrogen) atoms. The first-order chi connectivity index (χ1) is 30.5. The van der Waals surface area contributed by atoms with E-state index >= 15 is 0 Å². The van der Waals surface area contributed by atoms with Gasteiger partial charge in [-0.3, -0.25) is 0 Å². The van der Waals surface area contributed by atoms with Gasteiger partial charge in [0.15, 0.2) is 46.4 Å². The van der Waals surface area contributed by atoms with Gasteiger partial charge in [0.2, 0.25) is 11.6 Å². The van der Waals surface area contributed by atoms with Gasteiger partial charge < -0.3 is 18.9 Å². The Morgan fingerprint density at radius 3 is 1.10 bits per heavy atom. The Kier molecular flexibility index (Phi) is 21.9. The van der Waals surface area contributed by atoms with Crippen molar-refractivity contribution in [2.24, 2.45) is 5.92 Å². The molecule has 0 aliphatic heterocycles. The summed E-state index contributed by atoms with van der Waals surface area (Å²) < 4.78 is 138. The highest BCUT2D eigenvalue weighted by atomic mass is 19.2. The Morgan fingerprint density at radius 1 is 0.397 bits per heavy atom. The van der Waals surface area contributed by atoms with Gasteiger partial charge >= 0.3 is 0 Å². The first kappa shape index (κ1) is 50.6. The lowest BCUT2D eigenvalue weighted by Gasteiger charge is -2.14. The Labute approximate surface area is 367 Å². The van der Waals surface area contributed by atoms with Crippen LogP contribution >= 0.6 is 0 Å². The summed E-state index contributed by atoms with van der Waals surface area (Å²) in [7, 11) is 0. The lowest BCUT2D eigenvalue weighted by Crippen LogP contribution is -2.00. The van der Waals surface area contributed by atoms with Crippen molar-refractivity contribution < 1.29 is 54.1 Å². The van der Waals surface area contributed by atoms with Crippen LogP contribution in [0.25, 0.3) is 23.3 Å². The van der Waals surface area contributed by atoms with Crippen LogP contribution in [0, 0.1) is 29.2 Å². The molecule has 0 bridgehead atoms. The van der Waals surface area contributed by atoms with Gasteiger partial charge in [-0.15, -0.1) is 0 Å². The van der Waals surface area contributed by atoms with Crippen molar-refractivity contribution in [3.05, 3.63) is 118 Å². The second-order valence-electron chi connectivity index (χ2n) is 15.4. The highest BCUT2D eigenvalue weighted by molar-refractivity contribution is 5.84. The molecule has 0 amide bonds. The van der Waals surface area contributed by atoms with E-state index in [1.807, 2.05) is 0 Å². The topological polar surface area (TPSA) is 36.9 Å². The van der Waals surface area contributed by atoms with E-state index in [2.05, 4.69) is 6.92 Å². The molecule has 0 saturated heterocycles. The molecule has 12 heteroatoms. The van der Waals surface area contributed by atoms with Crippen LogP contribution in [-0.2, 0) is 0 Å². The summed E-state index contributed by atoms with van der Waals surface area (Å²) in [6.45, 7) is 6.65. The maximum Gasteiger partial charge on any atom is 0.201 e. The summed E-state index contributed by atoms with van der Waals surface area (Å²) in [5.41, 5.74) is -1.87. The van der Waals surface area contributed by atoms with E-state index in [1.165, 1.54) is 106 Å². The standard InChI is InChI=1S/C51H60F8O4/c1-4-35(19-15-11-7-9-13-17-33-62-38-25-21-36(22-26-38)44(52)46(54)40-29-31-42(60-5-2)50(58)48(40)56)20-16-12-8-10-14-18-34-63-39-27-23-37(24-28-39)45(53)47(55)41-30-32-43(61-6-3)51(59)49(41)57/h21-32,35H,4-20,33-34H2,1-3H3/b46-44+,47-45+. The smallest absolute Gasteiger partial charge is 0.201 e. The third-order valence-corrected chi connectivity index (χ3v) is 10.9. The van der Waals surface area contributed by atoms with Gasteiger partial charge in [0, 0.05) is 11.1 Å². The molecule has 0 saturated carbocycles. The molecule has 0 fully saturated rings. The number of hydrogen-bond acceptors (Lipinski definition) is 4. The largest absolute Gasteiger partial charge is 0.494 e. The van der Waals surface area contributed by atoms with Crippen LogP contribution < -0.4 is 18.9 Å². The minimum atomic E-state index is -1.51. The van der Waals surface area contributed by atoms with E-state index in [0.29, 0.717) is 24.7 Å². The van der Waals surface area contributed by atoms with Gasteiger partial charge in [-0.05, 0) is 105 Å². The van der Waals surface area contributed by atoms with Crippen LogP contribution in [0.2, 0.25) is 0 Å². The van der Waals surface area contributed by atoms with E-state index in [-0.39, 0.29) is 35.8 Å². The molecule has 4 aromatic carbocycles. The van der Waals surface area contributed by atoms with E-state index in [0.717, 1.165) is 68.7 Å². The third kappa shape index (κ3) is 15.6. The Morgan fingerprint density at radius 2 is 0.746 bits per heavy atom. The summed E-state index contributed by atoms with van der Waals surface area (Å²) >= 11 is 0. The Hall–Kier alpha value is -5.00. The fraction of sp³-hybridized carbons (Fsp3) is 0.451. The third-order valence-electron chi connectivity index (χ3n) is 10.9. The number of benzene rings is 4. The van der Waals surface area contributed by atoms with E-state index < -0.39 is 57.7 Å². The molecule has 0 aliphatic carbocycles. The zero-order valence-electron chi connectivity index (χ0n) is 36.6. The average molecular weight is 889 g/mol. The fourth-order valence-corrected chi connectivity index (χ4v) is 7.24. The molecule has 0 N–H and O–H groups in total. The maximum atomic E-state index is 14.8. The van der Waals surface area contributed by atoms with Gasteiger partial charge in [-0.25, -0.2) is 26.3 Å². The lowest BCUT2D eigenvalue weighted by molar-refractivity contribution is 0.303. The van der Waals surface area contributed by atoms with Gasteiger partial charge in [-0.2, -0.15) is 8.78 Å². The van der Waals surface area contributed by atoms with Crippen molar-refractivity contribution in [1.29, 1.82) is 0 Å². The van der Waals surface area contributed by atoms with E-state index in [4.69, 9.17) is 18.9 Å². The number of rotatable bonds is 29. The average Bonchev–Trinajstić information content (AvgIpc) is 3.30. The monoisotopic (exact) mass is 888 g/mol. The first-order valence-corrected chi connectivity index (χ1v) is 22.3. The molecule has 0 unspecified atom stereocenters. The highest BCUT2D eigenvalue weighted by Crippen LogP contribution is 2.36. The molecule has 0 aromatic heterocycles. The summed E-state index contributed by atoms with van der Waals surface area (Å²) in [6.07, 6.45) is 16.9. The molecule has 4 rings (SSSR count). The molecule has 0 spiro atoms. The normalized spacial score (nSPS) is 12.3. The molecule has 0 aliphatic rings. The quantitative estimate of drug-likeness (QED) is 0.0309. The minimum Gasteiger partial charge on any atom is -0.494 e. The first-order valence-electron chi connectivity index (χ1n) is 22.3. The predicted octanol–water partition coefficient (Wildman–Crippen LogP) is 16.5. The molecular weight excluding hydrogens is 829 g/mol. The minimum absolute atomic E-state index is 0.0973. The number of halogens is 8. The van der Waals surface area contributed by atoms with Crippen molar-refractivity contribution in [1.82, 2.24) is 0 Å². The number of ether oxygens (including phenoxy) is 4. The van der Waals surface area contributed by atoms with Crippen LogP contribution in [0.5, 0.6) is 23.0 Å².